The predicted molar refractivity (Wildman–Crippen MR) is 115 cm³/mol. The van der Waals surface area contributed by atoms with E-state index in [1.54, 1.807) is 24.3 Å². The number of aryl methyl sites for hydroxylation is 1. The number of hydrogen-bond donors (Lipinski definition) is 0. The van der Waals surface area contributed by atoms with E-state index in [0.717, 1.165) is 24.0 Å². The topological polar surface area (TPSA) is 44.8 Å². The number of rotatable bonds is 6. The lowest BCUT2D eigenvalue weighted by molar-refractivity contribution is -0.274. The zero-order valence-electron chi connectivity index (χ0n) is 17.9. The van der Waals surface area contributed by atoms with Crippen molar-refractivity contribution in [2.75, 3.05) is 6.79 Å². The van der Waals surface area contributed by atoms with E-state index in [2.05, 4.69) is 4.74 Å². The van der Waals surface area contributed by atoms with Crippen molar-refractivity contribution in [2.45, 2.75) is 38.0 Å². The Kier molecular flexibility index (Phi) is 5.07. The van der Waals surface area contributed by atoms with Crippen LogP contribution in [-0.2, 0) is 16.6 Å². The maximum Gasteiger partial charge on any atom is 0.573 e. The van der Waals surface area contributed by atoms with Gasteiger partial charge in [-0.15, -0.1) is 13.2 Å². The van der Waals surface area contributed by atoms with Gasteiger partial charge in [0.2, 0.25) is 6.79 Å². The summed E-state index contributed by atoms with van der Waals surface area (Å²) in [6, 6.07) is 17.1. The second-order valence-corrected chi connectivity index (χ2v) is 8.50. The van der Waals surface area contributed by atoms with E-state index < -0.39 is 11.8 Å². The highest BCUT2D eigenvalue weighted by Crippen LogP contribution is 2.51. The summed E-state index contributed by atoms with van der Waals surface area (Å²) in [6.45, 7) is 2.03. The summed E-state index contributed by atoms with van der Waals surface area (Å²) >= 11 is 0. The van der Waals surface area contributed by atoms with Gasteiger partial charge < -0.3 is 14.2 Å². The van der Waals surface area contributed by atoms with E-state index in [-0.39, 0.29) is 24.7 Å². The molecule has 1 aliphatic heterocycles. The first-order valence-electron chi connectivity index (χ1n) is 10.6. The van der Waals surface area contributed by atoms with Gasteiger partial charge in [0.15, 0.2) is 11.5 Å². The Morgan fingerprint density at radius 2 is 1.79 bits per heavy atom. The number of fused-ring (bicyclic) bond motifs is 1. The molecule has 170 valence electrons. The summed E-state index contributed by atoms with van der Waals surface area (Å²) in [5, 5.41) is 0. The number of benzene rings is 3. The van der Waals surface area contributed by atoms with Crippen LogP contribution < -0.4 is 14.2 Å². The molecule has 7 heteroatoms. The Bertz CT molecular complexity index is 1230. The smallest absolute Gasteiger partial charge is 0.454 e. The van der Waals surface area contributed by atoms with Crippen molar-refractivity contribution in [3.8, 4) is 28.4 Å². The average Bonchev–Trinajstić information content (AvgIpc) is 3.45. The lowest BCUT2D eigenvalue weighted by atomic mass is 9.87. The maximum absolute atomic E-state index is 13.3. The molecule has 0 amide bonds. The van der Waals surface area contributed by atoms with Crippen LogP contribution in [0.25, 0.3) is 11.1 Å². The Hall–Kier alpha value is -3.48. The van der Waals surface area contributed by atoms with Gasteiger partial charge in [-0.05, 0) is 60.7 Å². The molecule has 33 heavy (non-hydrogen) atoms. The lowest BCUT2D eigenvalue weighted by Gasteiger charge is -2.17. The van der Waals surface area contributed by atoms with Gasteiger partial charge in [0.1, 0.15) is 11.5 Å². The van der Waals surface area contributed by atoms with Crippen LogP contribution >= 0.6 is 0 Å². The van der Waals surface area contributed by atoms with Gasteiger partial charge in [0, 0.05) is 12.0 Å². The first kappa shape index (κ1) is 21.4. The third kappa shape index (κ3) is 4.27. The molecule has 3 aromatic rings. The largest absolute Gasteiger partial charge is 0.573 e. The molecule has 5 rings (SSSR count). The quantitative estimate of drug-likeness (QED) is 0.449. The predicted octanol–water partition coefficient (Wildman–Crippen LogP) is 6.13. The van der Waals surface area contributed by atoms with Crippen molar-refractivity contribution in [1.29, 1.82) is 0 Å². The lowest BCUT2D eigenvalue weighted by Crippen LogP contribution is -2.22. The summed E-state index contributed by atoms with van der Waals surface area (Å²) in [5.41, 5.74) is 2.73. The summed E-state index contributed by atoms with van der Waals surface area (Å²) in [6.07, 6.45) is -3.25. The molecule has 0 bridgehead atoms. The van der Waals surface area contributed by atoms with Gasteiger partial charge in [0.25, 0.3) is 0 Å². The van der Waals surface area contributed by atoms with Crippen molar-refractivity contribution < 1.29 is 32.2 Å². The highest BCUT2D eigenvalue weighted by Gasteiger charge is 2.50. The molecule has 3 aromatic carbocycles. The SMILES string of the molecule is Cc1cccc(-c2cc(CC(=O)C3(c4ccc5c(c4)OCO5)CC3)ccc2OC(F)(F)F)c1. The van der Waals surface area contributed by atoms with Crippen molar-refractivity contribution in [3.63, 3.8) is 0 Å². The third-order valence-electron chi connectivity index (χ3n) is 6.17. The molecule has 0 N–H and O–H groups in total. The van der Waals surface area contributed by atoms with Gasteiger partial charge >= 0.3 is 6.36 Å². The van der Waals surface area contributed by atoms with E-state index in [4.69, 9.17) is 9.47 Å². The normalized spacial score (nSPS) is 15.9. The number of carbonyl (C=O) groups is 1. The minimum atomic E-state index is -4.81. The molecule has 0 atom stereocenters. The second-order valence-electron chi connectivity index (χ2n) is 8.50. The third-order valence-corrected chi connectivity index (χ3v) is 6.17. The van der Waals surface area contributed by atoms with Crippen LogP contribution in [0.2, 0.25) is 0 Å². The van der Waals surface area contributed by atoms with Gasteiger partial charge in [0.05, 0.1) is 5.41 Å². The van der Waals surface area contributed by atoms with Crippen molar-refractivity contribution in [2.24, 2.45) is 0 Å². The molecule has 4 nitrogen and oxygen atoms in total. The van der Waals surface area contributed by atoms with E-state index >= 15 is 0 Å². The Labute approximate surface area is 188 Å². The van der Waals surface area contributed by atoms with Gasteiger partial charge in [-0.25, -0.2) is 0 Å². The summed E-state index contributed by atoms with van der Waals surface area (Å²) < 4.78 is 54.0. The highest BCUT2D eigenvalue weighted by molar-refractivity contribution is 5.95. The molecule has 0 saturated heterocycles. The fourth-order valence-corrected chi connectivity index (χ4v) is 4.34. The summed E-state index contributed by atoms with van der Waals surface area (Å²) in [7, 11) is 0. The van der Waals surface area contributed by atoms with Gasteiger partial charge in [-0.3, -0.25) is 4.79 Å². The second kappa shape index (κ2) is 7.83. The standard InChI is InChI=1S/C26H21F3O4/c1-16-3-2-4-18(11-16)20-12-17(5-7-21(20)33-26(27,28)29)13-24(30)25(9-10-25)19-6-8-22-23(14-19)32-15-31-22/h2-8,11-12,14H,9-10,13,15H2,1H3. The minimum Gasteiger partial charge on any atom is -0.454 e. The fourth-order valence-electron chi connectivity index (χ4n) is 4.34. The zero-order valence-corrected chi connectivity index (χ0v) is 17.9. The Balaban J connectivity index is 1.45. The summed E-state index contributed by atoms with van der Waals surface area (Å²) in [4.78, 5) is 13.3. The minimum absolute atomic E-state index is 0.0287. The number of ether oxygens (including phenoxy) is 3. The number of halogens is 3. The van der Waals surface area contributed by atoms with Crippen LogP contribution in [0.15, 0.2) is 60.7 Å². The molecule has 0 radical (unpaired) electrons. The fraction of sp³-hybridized carbons (Fsp3) is 0.269. The van der Waals surface area contributed by atoms with Crippen molar-refractivity contribution in [1.82, 2.24) is 0 Å². The van der Waals surface area contributed by atoms with Crippen LogP contribution in [0, 0.1) is 6.92 Å². The molecular formula is C26H21F3O4. The monoisotopic (exact) mass is 454 g/mol. The molecular weight excluding hydrogens is 433 g/mol. The number of hydrogen-bond acceptors (Lipinski definition) is 4. The first-order valence-corrected chi connectivity index (χ1v) is 10.6. The van der Waals surface area contributed by atoms with E-state index in [1.165, 1.54) is 12.1 Å². The number of Topliss-reactive ketones (excluding diaryl/α,β-unsaturated/α-hetero) is 1. The zero-order chi connectivity index (χ0) is 23.2. The molecule has 0 unspecified atom stereocenters. The van der Waals surface area contributed by atoms with Crippen LogP contribution in [-0.4, -0.2) is 18.9 Å². The van der Waals surface area contributed by atoms with Crippen LogP contribution in [0.3, 0.4) is 0 Å². The van der Waals surface area contributed by atoms with Crippen LogP contribution in [0.5, 0.6) is 17.2 Å². The van der Waals surface area contributed by atoms with Crippen LogP contribution in [0.1, 0.15) is 29.5 Å². The highest BCUT2D eigenvalue weighted by atomic mass is 19.4. The molecule has 2 aliphatic rings. The van der Waals surface area contributed by atoms with Crippen LogP contribution in [0.4, 0.5) is 13.2 Å². The molecule has 0 aromatic heterocycles. The van der Waals surface area contributed by atoms with Gasteiger partial charge in [-0.1, -0.05) is 42.0 Å². The van der Waals surface area contributed by atoms with E-state index in [9.17, 15) is 18.0 Å². The number of carbonyl (C=O) groups excluding carboxylic acids is 1. The number of alkyl halides is 3. The molecule has 0 spiro atoms. The Morgan fingerprint density at radius 3 is 2.52 bits per heavy atom. The summed E-state index contributed by atoms with van der Waals surface area (Å²) in [5.74, 6) is 1.02. The Morgan fingerprint density at radius 1 is 1.00 bits per heavy atom. The van der Waals surface area contributed by atoms with E-state index in [0.29, 0.717) is 28.2 Å². The maximum atomic E-state index is 13.3. The molecule has 1 aliphatic carbocycles. The van der Waals surface area contributed by atoms with E-state index in [1.807, 2.05) is 31.2 Å². The number of ketones is 1. The van der Waals surface area contributed by atoms with Gasteiger partial charge in [-0.2, -0.15) is 0 Å². The molecule has 1 saturated carbocycles. The molecule has 1 heterocycles. The average molecular weight is 454 g/mol. The van der Waals surface area contributed by atoms with Crippen molar-refractivity contribution >= 4 is 5.78 Å². The first-order chi connectivity index (χ1) is 15.7. The molecule has 1 fully saturated rings. The van der Waals surface area contributed by atoms with Crippen molar-refractivity contribution in [3.05, 3.63) is 77.4 Å².